The molecule has 1 rings (SSSR count). The molecule has 0 spiro atoms. The molecule has 0 aromatic heterocycles. The standard InChI is InChI=1S/C14H28N2O/c1-5-14(6-2,10-15)12(17)16-11-8-7-9-13(11,3)4/h11H,5-10,15H2,1-4H3,(H,16,17). The van der Waals surface area contributed by atoms with Crippen molar-refractivity contribution < 1.29 is 4.79 Å². The highest BCUT2D eigenvalue weighted by atomic mass is 16.2. The molecule has 0 aliphatic heterocycles. The van der Waals surface area contributed by atoms with Crippen molar-refractivity contribution in [2.75, 3.05) is 6.54 Å². The Labute approximate surface area is 106 Å². The van der Waals surface area contributed by atoms with Gasteiger partial charge in [0.05, 0.1) is 5.41 Å². The lowest BCUT2D eigenvalue weighted by Gasteiger charge is -2.34. The van der Waals surface area contributed by atoms with Crippen LogP contribution in [0.15, 0.2) is 0 Å². The number of nitrogens with two attached hydrogens (primary N) is 1. The molecule has 1 aliphatic carbocycles. The highest BCUT2D eigenvalue weighted by Gasteiger charge is 2.40. The van der Waals surface area contributed by atoms with Crippen molar-refractivity contribution in [3.8, 4) is 0 Å². The molecule has 0 radical (unpaired) electrons. The molecule has 0 bridgehead atoms. The Bertz CT molecular complexity index is 261. The van der Waals surface area contributed by atoms with Gasteiger partial charge in [-0.2, -0.15) is 0 Å². The average molecular weight is 240 g/mol. The second-order valence-electron chi connectivity index (χ2n) is 6.10. The minimum absolute atomic E-state index is 0.157. The zero-order valence-corrected chi connectivity index (χ0v) is 11.8. The predicted molar refractivity (Wildman–Crippen MR) is 71.6 cm³/mol. The van der Waals surface area contributed by atoms with Crippen LogP contribution in [-0.4, -0.2) is 18.5 Å². The first-order valence-corrected chi connectivity index (χ1v) is 6.93. The normalized spacial score (nSPS) is 23.7. The summed E-state index contributed by atoms with van der Waals surface area (Å²) in [5.74, 6) is 0.157. The highest BCUT2D eigenvalue weighted by molar-refractivity contribution is 5.83. The Morgan fingerprint density at radius 3 is 2.35 bits per heavy atom. The third kappa shape index (κ3) is 2.82. The average Bonchev–Trinajstić information content (AvgIpc) is 2.62. The minimum atomic E-state index is -0.362. The Balaban J connectivity index is 2.71. The first-order valence-electron chi connectivity index (χ1n) is 6.93. The third-order valence-electron chi connectivity index (χ3n) is 4.79. The van der Waals surface area contributed by atoms with Crippen molar-refractivity contribution in [3.05, 3.63) is 0 Å². The molecule has 3 heteroatoms. The molecule has 17 heavy (non-hydrogen) atoms. The zero-order valence-electron chi connectivity index (χ0n) is 11.8. The lowest BCUT2D eigenvalue weighted by molar-refractivity contribution is -0.132. The van der Waals surface area contributed by atoms with Crippen molar-refractivity contribution in [1.82, 2.24) is 5.32 Å². The van der Waals surface area contributed by atoms with Gasteiger partial charge in [-0.1, -0.05) is 34.1 Å². The number of hydrogen-bond acceptors (Lipinski definition) is 2. The third-order valence-corrected chi connectivity index (χ3v) is 4.79. The molecule has 3 nitrogen and oxygen atoms in total. The maximum atomic E-state index is 12.4. The van der Waals surface area contributed by atoms with Crippen LogP contribution in [-0.2, 0) is 4.79 Å². The number of rotatable bonds is 5. The second kappa shape index (κ2) is 5.38. The lowest BCUT2D eigenvalue weighted by atomic mass is 9.80. The predicted octanol–water partition coefficient (Wildman–Crippen LogP) is 2.45. The molecule has 0 saturated heterocycles. The minimum Gasteiger partial charge on any atom is -0.352 e. The summed E-state index contributed by atoms with van der Waals surface area (Å²) in [7, 11) is 0. The SMILES string of the molecule is CCC(CC)(CN)C(=O)NC1CCCC1(C)C. The fraction of sp³-hybridized carbons (Fsp3) is 0.929. The van der Waals surface area contributed by atoms with Crippen molar-refractivity contribution in [2.45, 2.75) is 65.8 Å². The van der Waals surface area contributed by atoms with Crippen molar-refractivity contribution >= 4 is 5.91 Å². The van der Waals surface area contributed by atoms with Gasteiger partial charge < -0.3 is 11.1 Å². The molecule has 1 saturated carbocycles. The lowest BCUT2D eigenvalue weighted by Crippen LogP contribution is -2.51. The summed E-state index contributed by atoms with van der Waals surface area (Å²) in [5, 5.41) is 3.24. The van der Waals surface area contributed by atoms with E-state index in [0.717, 1.165) is 19.3 Å². The molecule has 1 amide bonds. The van der Waals surface area contributed by atoms with Gasteiger partial charge >= 0.3 is 0 Å². The van der Waals surface area contributed by atoms with Crippen LogP contribution in [0.2, 0.25) is 0 Å². The van der Waals surface area contributed by atoms with Crippen LogP contribution in [0.1, 0.15) is 59.8 Å². The van der Waals surface area contributed by atoms with E-state index < -0.39 is 0 Å². The summed E-state index contributed by atoms with van der Waals surface area (Å²) < 4.78 is 0. The summed E-state index contributed by atoms with van der Waals surface area (Å²) in [6.45, 7) is 9.03. The van der Waals surface area contributed by atoms with E-state index in [0.29, 0.717) is 12.6 Å². The van der Waals surface area contributed by atoms with Gasteiger partial charge in [0.15, 0.2) is 0 Å². The van der Waals surface area contributed by atoms with Gasteiger partial charge in [0, 0.05) is 12.6 Å². The zero-order chi connectivity index (χ0) is 13.1. The topological polar surface area (TPSA) is 55.1 Å². The van der Waals surface area contributed by atoms with Gasteiger partial charge in [0.1, 0.15) is 0 Å². The van der Waals surface area contributed by atoms with Gasteiger partial charge in [-0.15, -0.1) is 0 Å². The molecular formula is C14H28N2O. The van der Waals surface area contributed by atoms with Crippen LogP contribution in [0, 0.1) is 10.8 Å². The quantitative estimate of drug-likeness (QED) is 0.775. The number of carbonyl (C=O) groups excluding carboxylic acids is 1. The van der Waals surface area contributed by atoms with E-state index in [1.807, 2.05) is 0 Å². The first-order chi connectivity index (χ1) is 7.91. The number of hydrogen-bond donors (Lipinski definition) is 2. The fourth-order valence-electron chi connectivity index (χ4n) is 2.86. The van der Waals surface area contributed by atoms with Crippen LogP contribution >= 0.6 is 0 Å². The van der Waals surface area contributed by atoms with Crippen LogP contribution < -0.4 is 11.1 Å². The van der Waals surface area contributed by atoms with E-state index in [2.05, 4.69) is 33.0 Å². The summed E-state index contributed by atoms with van der Waals surface area (Å²) in [5.41, 5.74) is 5.68. The molecular weight excluding hydrogens is 212 g/mol. The Kier molecular flexibility index (Phi) is 4.59. The van der Waals surface area contributed by atoms with E-state index >= 15 is 0 Å². The second-order valence-corrected chi connectivity index (χ2v) is 6.10. The summed E-state index contributed by atoms with van der Waals surface area (Å²) in [4.78, 5) is 12.4. The Morgan fingerprint density at radius 2 is 2.00 bits per heavy atom. The molecule has 1 unspecified atom stereocenters. The number of nitrogens with one attached hydrogen (secondary N) is 1. The van der Waals surface area contributed by atoms with E-state index in [1.165, 1.54) is 12.8 Å². The number of carbonyl (C=O) groups is 1. The van der Waals surface area contributed by atoms with Crippen LogP contribution in [0.3, 0.4) is 0 Å². The molecule has 1 aliphatic rings. The van der Waals surface area contributed by atoms with E-state index in [4.69, 9.17) is 5.73 Å². The van der Waals surface area contributed by atoms with Gasteiger partial charge in [0.2, 0.25) is 5.91 Å². The molecule has 1 atom stereocenters. The number of amides is 1. The summed E-state index contributed by atoms with van der Waals surface area (Å²) in [6, 6.07) is 0.319. The first kappa shape index (κ1) is 14.5. The van der Waals surface area contributed by atoms with Crippen LogP contribution in [0.4, 0.5) is 0 Å². The molecule has 0 aromatic carbocycles. The van der Waals surface area contributed by atoms with E-state index in [-0.39, 0.29) is 16.7 Å². The van der Waals surface area contributed by atoms with Crippen LogP contribution in [0.25, 0.3) is 0 Å². The van der Waals surface area contributed by atoms with E-state index in [9.17, 15) is 4.79 Å². The Morgan fingerprint density at radius 1 is 1.41 bits per heavy atom. The van der Waals surface area contributed by atoms with Gasteiger partial charge in [-0.05, 0) is 31.1 Å². The molecule has 1 fully saturated rings. The maximum Gasteiger partial charge on any atom is 0.227 e. The maximum absolute atomic E-state index is 12.4. The Hall–Kier alpha value is -0.570. The van der Waals surface area contributed by atoms with Gasteiger partial charge in [-0.25, -0.2) is 0 Å². The van der Waals surface area contributed by atoms with Crippen molar-refractivity contribution in [3.63, 3.8) is 0 Å². The van der Waals surface area contributed by atoms with Crippen LogP contribution in [0.5, 0.6) is 0 Å². The van der Waals surface area contributed by atoms with Gasteiger partial charge in [-0.3, -0.25) is 4.79 Å². The fourth-order valence-corrected chi connectivity index (χ4v) is 2.86. The molecule has 3 N–H and O–H groups in total. The highest BCUT2D eigenvalue weighted by Crippen LogP contribution is 2.38. The van der Waals surface area contributed by atoms with E-state index in [1.54, 1.807) is 0 Å². The van der Waals surface area contributed by atoms with Crippen molar-refractivity contribution in [1.29, 1.82) is 0 Å². The van der Waals surface area contributed by atoms with Gasteiger partial charge in [0.25, 0.3) is 0 Å². The summed E-state index contributed by atoms with van der Waals surface area (Å²) in [6.07, 6.45) is 5.16. The smallest absolute Gasteiger partial charge is 0.227 e. The summed E-state index contributed by atoms with van der Waals surface area (Å²) >= 11 is 0. The largest absolute Gasteiger partial charge is 0.352 e. The van der Waals surface area contributed by atoms with Crippen molar-refractivity contribution in [2.24, 2.45) is 16.6 Å². The molecule has 100 valence electrons. The monoisotopic (exact) mass is 240 g/mol. The molecule has 0 aromatic rings. The molecule has 0 heterocycles.